The number of fused-ring (bicyclic) bond motifs is 1. The molecule has 0 aliphatic heterocycles. The molecule has 1 aliphatic rings. The lowest BCUT2D eigenvalue weighted by atomic mass is 10.2. The Balaban J connectivity index is 2.70. The Morgan fingerprint density at radius 1 is 1.30 bits per heavy atom. The van der Waals surface area contributed by atoms with E-state index in [1.807, 2.05) is 24.3 Å². The number of rotatable bonds is 0. The third-order valence-electron chi connectivity index (χ3n) is 1.61. The van der Waals surface area contributed by atoms with E-state index in [0.717, 1.165) is 11.3 Å². The summed E-state index contributed by atoms with van der Waals surface area (Å²) in [4.78, 5) is 4.18. The van der Waals surface area contributed by atoms with Crippen LogP contribution in [-0.4, -0.2) is 4.98 Å². The van der Waals surface area contributed by atoms with Gasteiger partial charge >= 0.3 is 0 Å². The predicted molar refractivity (Wildman–Crippen MR) is 42.3 cm³/mol. The summed E-state index contributed by atoms with van der Waals surface area (Å²) in [6, 6.07) is 3.97. The van der Waals surface area contributed by atoms with E-state index >= 15 is 0 Å². The Hall–Kier alpha value is -1.37. The van der Waals surface area contributed by atoms with E-state index in [2.05, 4.69) is 11.6 Å². The molecule has 10 heavy (non-hydrogen) atoms. The molecule has 0 radical (unpaired) electrons. The Bertz CT molecular complexity index is 310. The number of allylic oxidation sites excluding steroid dienone is 2. The predicted octanol–water partition coefficient (Wildman–Crippen LogP) is 2.12. The van der Waals surface area contributed by atoms with E-state index in [1.54, 1.807) is 6.20 Å². The van der Waals surface area contributed by atoms with Crippen LogP contribution in [-0.2, 0) is 0 Å². The Kier molecular flexibility index (Phi) is 0.978. The topological polar surface area (TPSA) is 12.9 Å². The fourth-order valence-corrected chi connectivity index (χ4v) is 1.09. The summed E-state index contributed by atoms with van der Waals surface area (Å²) in [5.41, 5.74) is 3.20. The van der Waals surface area contributed by atoms with Gasteiger partial charge in [-0.15, -0.1) is 0 Å². The minimum Gasteiger partial charge on any atom is -0.256 e. The molecule has 48 valence electrons. The van der Waals surface area contributed by atoms with Crippen molar-refractivity contribution >= 4 is 11.6 Å². The van der Waals surface area contributed by atoms with Crippen molar-refractivity contribution in [1.82, 2.24) is 4.98 Å². The average molecular weight is 129 g/mol. The van der Waals surface area contributed by atoms with Crippen LogP contribution in [0.2, 0.25) is 0 Å². The fourth-order valence-electron chi connectivity index (χ4n) is 1.09. The molecule has 0 amide bonds. The quantitative estimate of drug-likeness (QED) is 0.523. The smallest absolute Gasteiger partial charge is 0.0768 e. The van der Waals surface area contributed by atoms with Gasteiger partial charge in [0.2, 0.25) is 0 Å². The Morgan fingerprint density at radius 2 is 2.20 bits per heavy atom. The highest BCUT2D eigenvalue weighted by Crippen LogP contribution is 2.24. The van der Waals surface area contributed by atoms with Gasteiger partial charge in [0.15, 0.2) is 0 Å². The normalized spacial score (nSPS) is 13.8. The van der Waals surface area contributed by atoms with Gasteiger partial charge in [-0.2, -0.15) is 0 Å². The lowest BCUT2D eigenvalue weighted by Crippen LogP contribution is -1.82. The zero-order chi connectivity index (χ0) is 6.97. The Labute approximate surface area is 59.7 Å². The van der Waals surface area contributed by atoms with Crippen LogP contribution in [0.25, 0.3) is 11.6 Å². The lowest BCUT2D eigenvalue weighted by Gasteiger charge is -1.94. The van der Waals surface area contributed by atoms with Crippen LogP contribution in [0.15, 0.2) is 31.0 Å². The van der Waals surface area contributed by atoms with Gasteiger partial charge in [-0.3, -0.25) is 4.98 Å². The maximum Gasteiger partial charge on any atom is 0.0768 e. The summed E-state index contributed by atoms with van der Waals surface area (Å²) in [5.74, 6) is 0. The molecule has 0 spiro atoms. The van der Waals surface area contributed by atoms with Crippen LogP contribution >= 0.6 is 0 Å². The largest absolute Gasteiger partial charge is 0.256 e. The van der Waals surface area contributed by atoms with Crippen molar-refractivity contribution < 1.29 is 0 Å². The number of hydrogen-bond donors (Lipinski definition) is 0. The van der Waals surface area contributed by atoms with E-state index in [1.165, 1.54) is 5.56 Å². The average Bonchev–Trinajstić information content (AvgIpc) is 2.34. The lowest BCUT2D eigenvalue weighted by molar-refractivity contribution is 1.28. The molecule has 0 bridgehead atoms. The first kappa shape index (κ1) is 5.42. The third-order valence-corrected chi connectivity index (χ3v) is 1.61. The molecule has 1 heterocycles. The molecular weight excluding hydrogens is 122 g/mol. The monoisotopic (exact) mass is 129 g/mol. The highest BCUT2D eigenvalue weighted by atomic mass is 14.7. The number of aromatic nitrogens is 1. The summed E-state index contributed by atoms with van der Waals surface area (Å²) in [7, 11) is 0. The number of hydrogen-bond acceptors (Lipinski definition) is 1. The van der Waals surface area contributed by atoms with Gasteiger partial charge in [0.25, 0.3) is 0 Å². The van der Waals surface area contributed by atoms with Gasteiger partial charge in [-0.05, 0) is 11.6 Å². The number of pyridine rings is 1. The summed E-state index contributed by atoms with van der Waals surface area (Å²) < 4.78 is 0. The minimum atomic E-state index is 1.01. The van der Waals surface area contributed by atoms with Crippen molar-refractivity contribution in [2.75, 3.05) is 0 Å². The third kappa shape index (κ3) is 0.605. The van der Waals surface area contributed by atoms with E-state index in [0.29, 0.717) is 0 Å². The molecule has 0 atom stereocenters. The van der Waals surface area contributed by atoms with Crippen LogP contribution in [0.4, 0.5) is 0 Å². The van der Waals surface area contributed by atoms with Crippen LogP contribution < -0.4 is 0 Å². The SMILES string of the molecule is C=C1C=Cc2cccnc21. The molecule has 2 rings (SSSR count). The first-order valence-electron chi connectivity index (χ1n) is 3.20. The number of nitrogens with zero attached hydrogens (tertiary/aromatic N) is 1. The molecule has 0 N–H and O–H groups in total. The molecule has 0 saturated heterocycles. The maximum absolute atomic E-state index is 4.18. The molecule has 0 fully saturated rings. The zero-order valence-electron chi connectivity index (χ0n) is 5.54. The van der Waals surface area contributed by atoms with E-state index in [4.69, 9.17) is 0 Å². The van der Waals surface area contributed by atoms with Gasteiger partial charge in [-0.1, -0.05) is 24.8 Å². The van der Waals surface area contributed by atoms with Gasteiger partial charge in [0.05, 0.1) is 5.69 Å². The van der Waals surface area contributed by atoms with Crippen LogP contribution in [0, 0.1) is 0 Å². The van der Waals surface area contributed by atoms with E-state index < -0.39 is 0 Å². The second kappa shape index (κ2) is 1.81. The second-order valence-corrected chi connectivity index (χ2v) is 2.30. The first-order valence-corrected chi connectivity index (χ1v) is 3.20. The van der Waals surface area contributed by atoms with Crippen molar-refractivity contribution in [2.24, 2.45) is 0 Å². The van der Waals surface area contributed by atoms with Crippen molar-refractivity contribution in [3.8, 4) is 0 Å². The Morgan fingerprint density at radius 3 is 3.00 bits per heavy atom. The molecule has 0 aromatic carbocycles. The highest BCUT2D eigenvalue weighted by molar-refractivity contribution is 5.86. The molecule has 1 nitrogen and oxygen atoms in total. The second-order valence-electron chi connectivity index (χ2n) is 2.30. The summed E-state index contributed by atoms with van der Waals surface area (Å²) in [5, 5.41) is 0. The van der Waals surface area contributed by atoms with E-state index in [-0.39, 0.29) is 0 Å². The molecule has 0 saturated carbocycles. The van der Waals surface area contributed by atoms with Gasteiger partial charge in [0, 0.05) is 11.8 Å². The van der Waals surface area contributed by atoms with Crippen molar-refractivity contribution in [1.29, 1.82) is 0 Å². The molecule has 0 unspecified atom stereocenters. The minimum absolute atomic E-state index is 1.01. The van der Waals surface area contributed by atoms with Crippen molar-refractivity contribution in [3.63, 3.8) is 0 Å². The van der Waals surface area contributed by atoms with Crippen molar-refractivity contribution in [3.05, 3.63) is 42.2 Å². The van der Waals surface area contributed by atoms with Crippen LogP contribution in [0.5, 0.6) is 0 Å². The fraction of sp³-hybridized carbons (Fsp3) is 0. The highest BCUT2D eigenvalue weighted by Gasteiger charge is 2.07. The van der Waals surface area contributed by atoms with Gasteiger partial charge in [-0.25, -0.2) is 0 Å². The van der Waals surface area contributed by atoms with Crippen molar-refractivity contribution in [2.45, 2.75) is 0 Å². The molecule has 1 aromatic rings. The summed E-state index contributed by atoms with van der Waals surface area (Å²) in [6.07, 6.45) is 5.80. The zero-order valence-corrected chi connectivity index (χ0v) is 5.54. The standard InChI is InChI=1S/C9H7N/c1-7-4-5-8-3-2-6-10-9(7)8/h2-6H,1H2. The van der Waals surface area contributed by atoms with E-state index in [9.17, 15) is 0 Å². The molecule has 1 aromatic heterocycles. The van der Waals surface area contributed by atoms with Gasteiger partial charge in [0.1, 0.15) is 0 Å². The molecule has 1 heteroatoms. The first-order chi connectivity index (χ1) is 4.88. The maximum atomic E-state index is 4.18. The van der Waals surface area contributed by atoms with Crippen LogP contribution in [0.3, 0.4) is 0 Å². The summed E-state index contributed by atoms with van der Waals surface area (Å²) in [6.45, 7) is 3.85. The van der Waals surface area contributed by atoms with Gasteiger partial charge < -0.3 is 0 Å². The molecule has 1 aliphatic carbocycles. The van der Waals surface area contributed by atoms with Crippen LogP contribution in [0.1, 0.15) is 11.3 Å². The molecular formula is C9H7N. The summed E-state index contributed by atoms with van der Waals surface area (Å²) >= 11 is 0.